The monoisotopic (exact) mass is 409 g/mol. The second-order valence-corrected chi connectivity index (χ2v) is 7.63. The molecule has 2 heterocycles. The summed E-state index contributed by atoms with van der Waals surface area (Å²) in [5.41, 5.74) is 1.64. The number of carbonyl (C=O) groups excluding carboxylic acids is 2. The Hall–Kier alpha value is -2.90. The van der Waals surface area contributed by atoms with Crippen LogP contribution in [0.5, 0.6) is 0 Å². The maximum absolute atomic E-state index is 13.2. The molecule has 7 heteroatoms. The van der Waals surface area contributed by atoms with Gasteiger partial charge in [-0.15, -0.1) is 0 Å². The molecule has 1 N–H and O–H groups in total. The van der Waals surface area contributed by atoms with Crippen molar-refractivity contribution in [1.82, 2.24) is 15.1 Å². The van der Waals surface area contributed by atoms with Crippen LogP contribution in [-0.4, -0.2) is 74.6 Å². The topological polar surface area (TPSA) is 75.0 Å². The summed E-state index contributed by atoms with van der Waals surface area (Å²) in [5.74, 6) is 0.302. The summed E-state index contributed by atoms with van der Waals surface area (Å²) >= 11 is 0. The Bertz CT molecular complexity index is 1070. The number of aryl methyl sites for hydroxylation is 1. The Morgan fingerprint density at radius 1 is 1.07 bits per heavy atom. The van der Waals surface area contributed by atoms with E-state index >= 15 is 0 Å². The minimum Gasteiger partial charge on any atom is -0.450 e. The van der Waals surface area contributed by atoms with Crippen LogP contribution in [0.15, 0.2) is 40.8 Å². The largest absolute Gasteiger partial charge is 0.450 e. The van der Waals surface area contributed by atoms with E-state index in [0.717, 1.165) is 27.3 Å². The molecule has 1 saturated heterocycles. The van der Waals surface area contributed by atoms with Crippen LogP contribution in [0.25, 0.3) is 21.7 Å². The van der Waals surface area contributed by atoms with Crippen LogP contribution in [0.1, 0.15) is 16.1 Å². The van der Waals surface area contributed by atoms with Crippen LogP contribution in [-0.2, 0) is 9.53 Å². The average molecular weight is 409 g/mol. The third-order valence-corrected chi connectivity index (χ3v) is 5.68. The van der Waals surface area contributed by atoms with Crippen LogP contribution in [0, 0.1) is 6.92 Å². The molecule has 3 aromatic rings. The number of furan rings is 1. The molecule has 0 spiro atoms. The zero-order valence-corrected chi connectivity index (χ0v) is 17.4. The number of nitrogens with zero attached hydrogens (tertiary/aromatic N) is 2. The lowest BCUT2D eigenvalue weighted by Gasteiger charge is -2.33. The lowest BCUT2D eigenvalue weighted by molar-refractivity contribution is -0.122. The van der Waals surface area contributed by atoms with Gasteiger partial charge in [0.25, 0.3) is 5.91 Å². The molecule has 0 bridgehead atoms. The zero-order valence-electron chi connectivity index (χ0n) is 17.4. The highest BCUT2D eigenvalue weighted by Crippen LogP contribution is 2.32. The molecule has 1 fully saturated rings. The average Bonchev–Trinajstić information content (AvgIpc) is 3.11. The Balaban J connectivity index is 1.43. The van der Waals surface area contributed by atoms with Crippen molar-refractivity contribution >= 4 is 33.6 Å². The molecule has 2 aromatic carbocycles. The molecule has 1 aromatic heterocycles. The fourth-order valence-electron chi connectivity index (χ4n) is 3.96. The first-order valence-corrected chi connectivity index (χ1v) is 10.3. The van der Waals surface area contributed by atoms with Crippen molar-refractivity contribution in [2.45, 2.75) is 6.92 Å². The van der Waals surface area contributed by atoms with Crippen LogP contribution in [0.4, 0.5) is 0 Å². The zero-order chi connectivity index (χ0) is 21.1. The molecule has 7 nitrogen and oxygen atoms in total. The van der Waals surface area contributed by atoms with E-state index in [4.69, 9.17) is 9.15 Å². The highest BCUT2D eigenvalue weighted by atomic mass is 16.5. The normalized spacial score (nSPS) is 15.1. The van der Waals surface area contributed by atoms with Crippen molar-refractivity contribution in [3.05, 3.63) is 47.7 Å². The molecule has 0 aliphatic carbocycles. The number of nitrogens with one attached hydrogen (secondary N) is 1. The summed E-state index contributed by atoms with van der Waals surface area (Å²) < 4.78 is 11.0. The van der Waals surface area contributed by atoms with Crippen molar-refractivity contribution in [2.75, 3.05) is 53.0 Å². The summed E-state index contributed by atoms with van der Waals surface area (Å²) in [6.45, 7) is 5.74. The molecular weight excluding hydrogens is 382 g/mol. The number of hydrogen-bond acceptors (Lipinski definition) is 5. The number of piperazine rings is 1. The van der Waals surface area contributed by atoms with Gasteiger partial charge in [-0.05, 0) is 12.3 Å². The van der Waals surface area contributed by atoms with Gasteiger partial charge >= 0.3 is 0 Å². The number of benzene rings is 2. The number of carbonyl (C=O) groups is 2. The Morgan fingerprint density at radius 3 is 2.60 bits per heavy atom. The van der Waals surface area contributed by atoms with E-state index in [-0.39, 0.29) is 11.8 Å². The van der Waals surface area contributed by atoms with Crippen LogP contribution in [0.2, 0.25) is 0 Å². The summed E-state index contributed by atoms with van der Waals surface area (Å²) in [6.07, 6.45) is 0. The summed E-state index contributed by atoms with van der Waals surface area (Å²) in [7, 11) is 1.61. The number of ether oxygens (including phenoxy) is 1. The number of rotatable bonds is 6. The second kappa shape index (κ2) is 8.85. The standard InChI is InChI=1S/C23H27N3O4/c1-16-18-8-7-17-5-3-4-6-19(17)22(18)30-21(16)23(28)26-12-10-25(11-13-26)15-20(27)24-9-14-29-2/h3-8H,9-15H2,1-2H3,(H,24,27). The quantitative estimate of drug-likeness (QED) is 0.633. The van der Waals surface area contributed by atoms with Crippen LogP contribution >= 0.6 is 0 Å². The molecule has 0 saturated carbocycles. The number of hydrogen-bond donors (Lipinski definition) is 1. The van der Waals surface area contributed by atoms with Gasteiger partial charge in [0, 0.05) is 56.2 Å². The van der Waals surface area contributed by atoms with Crippen molar-refractivity contribution in [3.63, 3.8) is 0 Å². The lowest BCUT2D eigenvalue weighted by atomic mass is 10.1. The van der Waals surface area contributed by atoms with E-state index < -0.39 is 0 Å². The number of methoxy groups -OCH3 is 1. The van der Waals surface area contributed by atoms with E-state index in [9.17, 15) is 9.59 Å². The van der Waals surface area contributed by atoms with E-state index in [1.807, 2.05) is 42.2 Å². The molecule has 1 aliphatic rings. The van der Waals surface area contributed by atoms with Gasteiger partial charge in [-0.3, -0.25) is 14.5 Å². The lowest BCUT2D eigenvalue weighted by Crippen LogP contribution is -2.51. The van der Waals surface area contributed by atoms with E-state index in [1.165, 1.54) is 0 Å². The number of fused-ring (bicyclic) bond motifs is 3. The van der Waals surface area contributed by atoms with E-state index in [1.54, 1.807) is 7.11 Å². The van der Waals surface area contributed by atoms with Crippen molar-refractivity contribution in [3.8, 4) is 0 Å². The molecule has 1 aliphatic heterocycles. The predicted molar refractivity (Wildman–Crippen MR) is 116 cm³/mol. The third-order valence-electron chi connectivity index (χ3n) is 5.68. The molecule has 158 valence electrons. The highest BCUT2D eigenvalue weighted by molar-refractivity contribution is 6.08. The van der Waals surface area contributed by atoms with Crippen LogP contribution in [0.3, 0.4) is 0 Å². The number of amides is 2. The van der Waals surface area contributed by atoms with Gasteiger partial charge in [0.05, 0.1) is 13.2 Å². The molecule has 4 rings (SSSR count). The molecule has 0 unspecified atom stereocenters. The highest BCUT2D eigenvalue weighted by Gasteiger charge is 2.27. The van der Waals surface area contributed by atoms with Gasteiger partial charge in [0.1, 0.15) is 5.58 Å². The molecule has 0 atom stereocenters. The van der Waals surface area contributed by atoms with Gasteiger partial charge in [-0.25, -0.2) is 0 Å². The van der Waals surface area contributed by atoms with E-state index in [2.05, 4.69) is 16.3 Å². The summed E-state index contributed by atoms with van der Waals surface area (Å²) in [6, 6.07) is 12.1. The fourth-order valence-corrected chi connectivity index (χ4v) is 3.96. The molecular formula is C23H27N3O4. The molecule has 2 amide bonds. The third kappa shape index (κ3) is 4.04. The fraction of sp³-hybridized carbons (Fsp3) is 0.391. The van der Waals surface area contributed by atoms with Crippen molar-refractivity contribution < 1.29 is 18.7 Å². The Labute approximate surface area is 175 Å². The Morgan fingerprint density at radius 2 is 1.83 bits per heavy atom. The van der Waals surface area contributed by atoms with Gasteiger partial charge < -0.3 is 19.4 Å². The first-order chi connectivity index (χ1) is 14.6. The van der Waals surface area contributed by atoms with Crippen molar-refractivity contribution in [1.29, 1.82) is 0 Å². The first-order valence-electron chi connectivity index (χ1n) is 10.3. The smallest absolute Gasteiger partial charge is 0.289 e. The Kier molecular flexibility index (Phi) is 6.01. The SMILES string of the molecule is COCCNC(=O)CN1CCN(C(=O)c2oc3c(ccc4ccccc43)c2C)CC1. The molecule has 0 radical (unpaired) electrons. The van der Waals surface area contributed by atoms with Gasteiger partial charge in [-0.1, -0.05) is 36.4 Å². The van der Waals surface area contributed by atoms with E-state index in [0.29, 0.717) is 51.6 Å². The minimum atomic E-state index is -0.0861. The van der Waals surface area contributed by atoms with Crippen molar-refractivity contribution in [2.24, 2.45) is 0 Å². The van der Waals surface area contributed by atoms with Gasteiger partial charge in [-0.2, -0.15) is 0 Å². The maximum atomic E-state index is 13.2. The second-order valence-electron chi connectivity index (χ2n) is 7.63. The molecule has 30 heavy (non-hydrogen) atoms. The predicted octanol–water partition coefficient (Wildman–Crippen LogP) is 2.41. The van der Waals surface area contributed by atoms with Crippen LogP contribution < -0.4 is 5.32 Å². The van der Waals surface area contributed by atoms with Gasteiger partial charge in [0.15, 0.2) is 5.76 Å². The summed E-state index contributed by atoms with van der Waals surface area (Å²) in [4.78, 5) is 29.0. The van der Waals surface area contributed by atoms with Gasteiger partial charge in [0.2, 0.25) is 5.91 Å². The minimum absolute atomic E-state index is 0.0215. The maximum Gasteiger partial charge on any atom is 0.289 e. The first kappa shape index (κ1) is 20.4. The summed E-state index contributed by atoms with van der Waals surface area (Å²) in [5, 5.41) is 5.91.